The number of benzene rings is 1. The monoisotopic (exact) mass is 301 g/mol. The van der Waals surface area contributed by atoms with Crippen molar-refractivity contribution in [3.63, 3.8) is 0 Å². The highest BCUT2D eigenvalue weighted by Gasteiger charge is 2.36. The molecule has 2 rings (SSSR count). The first-order valence-corrected chi connectivity index (χ1v) is 6.77. The lowest BCUT2D eigenvalue weighted by molar-refractivity contribution is -0.137. The highest BCUT2D eigenvalue weighted by Crippen LogP contribution is 2.38. The summed E-state index contributed by atoms with van der Waals surface area (Å²) in [6.07, 6.45) is -3.47. The van der Waals surface area contributed by atoms with Crippen LogP contribution in [0.25, 0.3) is 0 Å². The standard InChI is InChI=1S/C14H18F3N3O/c15-14(16,17)11-7-9(8-18)1-2-12(11)20-5-3-10(4-6-20)13(19)21/h1-2,7,10H,3-6,8,18H2,(H2,19,21). The molecule has 21 heavy (non-hydrogen) atoms. The third-order valence-electron chi connectivity index (χ3n) is 3.84. The summed E-state index contributed by atoms with van der Waals surface area (Å²) in [5.74, 6) is -0.636. The Morgan fingerprint density at radius 1 is 1.29 bits per heavy atom. The number of rotatable bonds is 3. The number of hydrogen-bond acceptors (Lipinski definition) is 3. The average Bonchev–Trinajstić information content (AvgIpc) is 2.46. The molecule has 4 N–H and O–H groups in total. The van der Waals surface area contributed by atoms with Crippen LogP contribution in [-0.4, -0.2) is 19.0 Å². The average molecular weight is 301 g/mol. The van der Waals surface area contributed by atoms with Gasteiger partial charge in [-0.05, 0) is 30.5 Å². The lowest BCUT2D eigenvalue weighted by Gasteiger charge is -2.34. The number of primary amides is 1. The molecule has 0 radical (unpaired) electrons. The maximum absolute atomic E-state index is 13.2. The summed E-state index contributed by atoms with van der Waals surface area (Å²) in [7, 11) is 0. The van der Waals surface area contributed by atoms with E-state index in [2.05, 4.69) is 0 Å². The molecule has 1 fully saturated rings. The van der Waals surface area contributed by atoms with Gasteiger partial charge in [0, 0.05) is 31.2 Å². The Morgan fingerprint density at radius 2 is 1.90 bits per heavy atom. The molecule has 1 aromatic carbocycles. The number of carbonyl (C=O) groups is 1. The molecule has 1 saturated heterocycles. The van der Waals surface area contributed by atoms with Gasteiger partial charge in [0.05, 0.1) is 5.56 Å². The van der Waals surface area contributed by atoms with Gasteiger partial charge in [0.25, 0.3) is 0 Å². The maximum atomic E-state index is 13.2. The van der Waals surface area contributed by atoms with Crippen molar-refractivity contribution in [2.75, 3.05) is 18.0 Å². The van der Waals surface area contributed by atoms with E-state index in [9.17, 15) is 18.0 Å². The van der Waals surface area contributed by atoms with Crippen molar-refractivity contribution in [2.24, 2.45) is 17.4 Å². The van der Waals surface area contributed by atoms with Crippen molar-refractivity contribution in [1.82, 2.24) is 0 Å². The fourth-order valence-electron chi connectivity index (χ4n) is 2.62. The van der Waals surface area contributed by atoms with E-state index >= 15 is 0 Å². The minimum Gasteiger partial charge on any atom is -0.371 e. The third kappa shape index (κ3) is 3.47. The third-order valence-corrected chi connectivity index (χ3v) is 3.84. The van der Waals surface area contributed by atoms with E-state index in [-0.39, 0.29) is 24.1 Å². The van der Waals surface area contributed by atoms with E-state index in [0.717, 1.165) is 6.07 Å². The zero-order valence-corrected chi connectivity index (χ0v) is 11.5. The molecule has 0 unspecified atom stereocenters. The molecular formula is C14H18F3N3O. The fourth-order valence-corrected chi connectivity index (χ4v) is 2.62. The van der Waals surface area contributed by atoms with Gasteiger partial charge in [-0.15, -0.1) is 0 Å². The van der Waals surface area contributed by atoms with Gasteiger partial charge in [-0.2, -0.15) is 13.2 Å². The van der Waals surface area contributed by atoms with Crippen LogP contribution in [0.3, 0.4) is 0 Å². The SMILES string of the molecule is NCc1ccc(N2CCC(C(N)=O)CC2)c(C(F)(F)F)c1. The molecule has 116 valence electrons. The predicted molar refractivity (Wildman–Crippen MR) is 73.5 cm³/mol. The zero-order valence-electron chi connectivity index (χ0n) is 11.5. The van der Waals surface area contributed by atoms with Crippen molar-refractivity contribution in [1.29, 1.82) is 0 Å². The molecule has 0 bridgehead atoms. The summed E-state index contributed by atoms with van der Waals surface area (Å²) < 4.78 is 39.5. The van der Waals surface area contributed by atoms with Crippen molar-refractivity contribution in [2.45, 2.75) is 25.6 Å². The number of amides is 1. The highest BCUT2D eigenvalue weighted by molar-refractivity contribution is 5.77. The largest absolute Gasteiger partial charge is 0.418 e. The topological polar surface area (TPSA) is 72.3 Å². The lowest BCUT2D eigenvalue weighted by Crippen LogP contribution is -2.39. The Morgan fingerprint density at radius 3 is 2.38 bits per heavy atom. The lowest BCUT2D eigenvalue weighted by atomic mass is 9.95. The van der Waals surface area contributed by atoms with Crippen LogP contribution in [0.15, 0.2) is 18.2 Å². The van der Waals surface area contributed by atoms with Gasteiger partial charge in [-0.25, -0.2) is 0 Å². The summed E-state index contributed by atoms with van der Waals surface area (Å²) in [6, 6.07) is 4.15. The van der Waals surface area contributed by atoms with Gasteiger partial charge in [0.1, 0.15) is 0 Å². The Hall–Kier alpha value is -1.76. The number of carbonyl (C=O) groups excluding carboxylic acids is 1. The number of hydrogen-bond donors (Lipinski definition) is 2. The van der Waals surface area contributed by atoms with E-state index in [4.69, 9.17) is 11.5 Å². The number of nitrogens with zero attached hydrogens (tertiary/aromatic N) is 1. The molecule has 0 aromatic heterocycles. The first-order chi connectivity index (χ1) is 9.82. The second kappa shape index (κ2) is 5.93. The molecule has 4 nitrogen and oxygen atoms in total. The van der Waals surface area contributed by atoms with Gasteiger partial charge >= 0.3 is 6.18 Å². The molecule has 7 heteroatoms. The number of alkyl halides is 3. The van der Waals surface area contributed by atoms with Crippen LogP contribution in [-0.2, 0) is 17.5 Å². The Balaban J connectivity index is 2.26. The highest BCUT2D eigenvalue weighted by atomic mass is 19.4. The quantitative estimate of drug-likeness (QED) is 0.895. The van der Waals surface area contributed by atoms with Gasteiger partial charge in [0.2, 0.25) is 5.91 Å². The molecule has 1 aliphatic rings. The maximum Gasteiger partial charge on any atom is 0.418 e. The zero-order chi connectivity index (χ0) is 15.6. The first kappa shape index (κ1) is 15.6. The summed E-state index contributed by atoms with van der Waals surface area (Å²) in [6.45, 7) is 0.838. The molecule has 0 spiro atoms. The van der Waals surface area contributed by atoms with Crippen LogP contribution < -0.4 is 16.4 Å². The number of nitrogens with two attached hydrogens (primary N) is 2. The van der Waals surface area contributed by atoms with Crippen LogP contribution >= 0.6 is 0 Å². The van der Waals surface area contributed by atoms with E-state index in [1.165, 1.54) is 6.07 Å². The molecular weight excluding hydrogens is 283 g/mol. The van der Waals surface area contributed by atoms with Crippen molar-refractivity contribution in [3.8, 4) is 0 Å². The van der Waals surface area contributed by atoms with E-state index in [1.807, 2.05) is 0 Å². The van der Waals surface area contributed by atoms with Crippen molar-refractivity contribution in [3.05, 3.63) is 29.3 Å². The number of halogens is 3. The van der Waals surface area contributed by atoms with E-state index in [0.29, 0.717) is 31.5 Å². The Bertz CT molecular complexity index is 523. The molecule has 1 aromatic rings. The predicted octanol–water partition coefficient (Wildman–Crippen LogP) is 1.87. The minimum atomic E-state index is -4.43. The number of piperidine rings is 1. The van der Waals surface area contributed by atoms with E-state index < -0.39 is 11.7 Å². The van der Waals surface area contributed by atoms with Crippen LogP contribution in [0.4, 0.5) is 18.9 Å². The second-order valence-electron chi connectivity index (χ2n) is 5.22. The summed E-state index contributed by atoms with van der Waals surface area (Å²) >= 11 is 0. The molecule has 0 atom stereocenters. The minimum absolute atomic E-state index is 0.0626. The van der Waals surface area contributed by atoms with Gasteiger partial charge in [0.15, 0.2) is 0 Å². The first-order valence-electron chi connectivity index (χ1n) is 6.77. The smallest absolute Gasteiger partial charge is 0.371 e. The second-order valence-corrected chi connectivity index (χ2v) is 5.22. The summed E-state index contributed by atoms with van der Waals surface area (Å²) in [5, 5.41) is 0. The van der Waals surface area contributed by atoms with Crippen molar-refractivity contribution >= 4 is 11.6 Å². The van der Waals surface area contributed by atoms with Crippen LogP contribution in [0, 0.1) is 5.92 Å². The van der Waals surface area contributed by atoms with Crippen LogP contribution in [0.2, 0.25) is 0 Å². The van der Waals surface area contributed by atoms with Gasteiger partial charge in [-0.1, -0.05) is 6.07 Å². The molecule has 1 aliphatic heterocycles. The molecule has 0 aliphatic carbocycles. The molecule has 1 heterocycles. The fraction of sp³-hybridized carbons (Fsp3) is 0.500. The normalized spacial score (nSPS) is 17.0. The van der Waals surface area contributed by atoms with Gasteiger partial charge in [-0.3, -0.25) is 4.79 Å². The van der Waals surface area contributed by atoms with Gasteiger partial charge < -0.3 is 16.4 Å². The molecule has 1 amide bonds. The number of anilines is 1. The van der Waals surface area contributed by atoms with Crippen LogP contribution in [0.1, 0.15) is 24.0 Å². The Kier molecular flexibility index (Phi) is 4.41. The Labute approximate surface area is 120 Å². The van der Waals surface area contributed by atoms with Crippen LogP contribution in [0.5, 0.6) is 0 Å². The van der Waals surface area contributed by atoms with Crippen molar-refractivity contribution < 1.29 is 18.0 Å². The summed E-state index contributed by atoms with van der Waals surface area (Å²) in [4.78, 5) is 12.8. The molecule has 0 saturated carbocycles. The summed E-state index contributed by atoms with van der Waals surface area (Å²) in [5.41, 5.74) is 10.6. The van der Waals surface area contributed by atoms with E-state index in [1.54, 1.807) is 11.0 Å².